The molecule has 1 aromatic carbocycles. The Balaban J connectivity index is 2.74. The standard InChI is InChI=1S/C9H5ClN2S/c10-8-1-2-9-7(5-13-12-9)6(8)3-4-11/h1-2,5H,3H2. The van der Waals surface area contributed by atoms with Crippen LogP contribution >= 0.6 is 23.1 Å². The smallest absolute Gasteiger partial charge is 0.0844 e. The van der Waals surface area contributed by atoms with Gasteiger partial charge in [0.05, 0.1) is 18.0 Å². The van der Waals surface area contributed by atoms with Gasteiger partial charge in [-0.05, 0) is 29.2 Å². The zero-order valence-corrected chi connectivity index (χ0v) is 8.19. The molecule has 0 bridgehead atoms. The zero-order chi connectivity index (χ0) is 9.26. The summed E-state index contributed by atoms with van der Waals surface area (Å²) in [5, 5.41) is 12.2. The maximum absolute atomic E-state index is 8.62. The van der Waals surface area contributed by atoms with Crippen molar-refractivity contribution in [1.29, 1.82) is 5.26 Å². The Kier molecular flexibility index (Phi) is 2.17. The van der Waals surface area contributed by atoms with Crippen LogP contribution in [0.15, 0.2) is 17.5 Å². The number of halogens is 1. The highest BCUT2D eigenvalue weighted by molar-refractivity contribution is 7.04. The summed E-state index contributed by atoms with van der Waals surface area (Å²) < 4.78 is 4.18. The monoisotopic (exact) mass is 208 g/mol. The molecule has 0 fully saturated rings. The molecule has 4 heteroatoms. The summed E-state index contributed by atoms with van der Waals surface area (Å²) in [6.07, 6.45) is 0.342. The number of benzene rings is 1. The van der Waals surface area contributed by atoms with Gasteiger partial charge in [-0.2, -0.15) is 9.64 Å². The molecule has 0 radical (unpaired) electrons. The molecule has 1 heterocycles. The molecule has 0 aliphatic heterocycles. The maximum atomic E-state index is 8.62. The normalized spacial score (nSPS) is 10.2. The molecule has 2 nitrogen and oxygen atoms in total. The van der Waals surface area contributed by atoms with Crippen molar-refractivity contribution in [3.63, 3.8) is 0 Å². The molecule has 0 saturated carbocycles. The minimum absolute atomic E-state index is 0.342. The van der Waals surface area contributed by atoms with Crippen LogP contribution in [0.4, 0.5) is 0 Å². The molecule has 0 atom stereocenters. The van der Waals surface area contributed by atoms with Gasteiger partial charge in [0.25, 0.3) is 0 Å². The van der Waals surface area contributed by atoms with Crippen molar-refractivity contribution in [3.8, 4) is 6.07 Å². The number of aromatic nitrogens is 1. The Hall–Kier alpha value is -1.11. The average molecular weight is 209 g/mol. The van der Waals surface area contributed by atoms with Gasteiger partial charge < -0.3 is 0 Å². The van der Waals surface area contributed by atoms with E-state index < -0.39 is 0 Å². The van der Waals surface area contributed by atoms with E-state index in [1.54, 1.807) is 6.07 Å². The third-order valence-corrected chi connectivity index (χ3v) is 2.85. The lowest BCUT2D eigenvalue weighted by Crippen LogP contribution is -1.84. The van der Waals surface area contributed by atoms with Gasteiger partial charge in [-0.1, -0.05) is 11.6 Å². The van der Waals surface area contributed by atoms with Gasteiger partial charge in [0, 0.05) is 15.8 Å². The molecule has 0 spiro atoms. The number of nitriles is 1. The van der Waals surface area contributed by atoms with E-state index >= 15 is 0 Å². The van der Waals surface area contributed by atoms with Gasteiger partial charge in [-0.15, -0.1) is 0 Å². The quantitative estimate of drug-likeness (QED) is 0.723. The second-order valence-corrected chi connectivity index (χ2v) is 3.64. The summed E-state index contributed by atoms with van der Waals surface area (Å²) in [7, 11) is 0. The fraction of sp³-hybridized carbons (Fsp3) is 0.111. The van der Waals surface area contributed by atoms with Crippen molar-refractivity contribution in [2.45, 2.75) is 6.42 Å². The molecule has 0 aliphatic rings. The van der Waals surface area contributed by atoms with Gasteiger partial charge in [0.1, 0.15) is 0 Å². The fourth-order valence-electron chi connectivity index (χ4n) is 1.23. The Morgan fingerprint density at radius 2 is 2.38 bits per heavy atom. The first-order valence-corrected chi connectivity index (χ1v) is 4.93. The van der Waals surface area contributed by atoms with E-state index in [0.717, 1.165) is 16.5 Å². The van der Waals surface area contributed by atoms with E-state index in [9.17, 15) is 0 Å². The lowest BCUT2D eigenvalue weighted by molar-refractivity contribution is 1.29. The average Bonchev–Trinajstić information content (AvgIpc) is 2.58. The summed E-state index contributed by atoms with van der Waals surface area (Å²) >= 11 is 7.35. The molecule has 0 amide bonds. The van der Waals surface area contributed by atoms with Crippen LogP contribution in [0.1, 0.15) is 5.56 Å². The van der Waals surface area contributed by atoms with Crippen molar-refractivity contribution in [2.75, 3.05) is 0 Å². The van der Waals surface area contributed by atoms with E-state index in [2.05, 4.69) is 10.4 Å². The highest BCUT2D eigenvalue weighted by Crippen LogP contribution is 2.26. The zero-order valence-electron chi connectivity index (χ0n) is 6.62. The molecule has 2 aromatic rings. The molecule has 0 aliphatic carbocycles. The Bertz CT molecular complexity index is 484. The van der Waals surface area contributed by atoms with E-state index in [1.165, 1.54) is 11.5 Å². The fourth-order valence-corrected chi connectivity index (χ4v) is 2.16. The van der Waals surface area contributed by atoms with Crippen molar-refractivity contribution in [1.82, 2.24) is 4.37 Å². The topological polar surface area (TPSA) is 36.7 Å². The second-order valence-electron chi connectivity index (χ2n) is 2.61. The van der Waals surface area contributed by atoms with Gasteiger partial charge in [-0.25, -0.2) is 0 Å². The molecule has 13 heavy (non-hydrogen) atoms. The predicted molar refractivity (Wildman–Crippen MR) is 53.9 cm³/mol. The number of hydrogen-bond acceptors (Lipinski definition) is 3. The first-order chi connectivity index (χ1) is 6.33. The van der Waals surface area contributed by atoms with Crippen molar-refractivity contribution >= 4 is 34.0 Å². The molecular formula is C9H5ClN2S. The number of hydrogen-bond donors (Lipinski definition) is 0. The van der Waals surface area contributed by atoms with Crippen molar-refractivity contribution in [3.05, 3.63) is 28.1 Å². The summed E-state index contributed by atoms with van der Waals surface area (Å²) in [6.45, 7) is 0. The SMILES string of the molecule is N#CCc1c(Cl)ccc2nscc12. The van der Waals surface area contributed by atoms with E-state index in [0.29, 0.717) is 11.4 Å². The Labute approximate surface area is 84.5 Å². The second kappa shape index (κ2) is 3.33. The first-order valence-electron chi connectivity index (χ1n) is 3.71. The molecule has 0 saturated heterocycles. The Morgan fingerprint density at radius 1 is 1.54 bits per heavy atom. The van der Waals surface area contributed by atoms with Crippen LogP contribution in [0, 0.1) is 11.3 Å². The summed E-state index contributed by atoms with van der Waals surface area (Å²) in [4.78, 5) is 0. The van der Waals surface area contributed by atoms with Crippen LogP contribution in [0.3, 0.4) is 0 Å². The summed E-state index contributed by atoms with van der Waals surface area (Å²) in [5.41, 5.74) is 1.80. The number of nitrogens with zero attached hydrogens (tertiary/aromatic N) is 2. The van der Waals surface area contributed by atoms with Crippen molar-refractivity contribution in [2.24, 2.45) is 0 Å². The van der Waals surface area contributed by atoms with Crippen LogP contribution in [-0.2, 0) is 6.42 Å². The maximum Gasteiger partial charge on any atom is 0.0844 e. The lowest BCUT2D eigenvalue weighted by Gasteiger charge is -1.99. The van der Waals surface area contributed by atoms with Crippen LogP contribution in [0.2, 0.25) is 5.02 Å². The lowest BCUT2D eigenvalue weighted by atomic mass is 10.1. The largest absolute Gasteiger partial charge is 0.198 e. The highest BCUT2D eigenvalue weighted by Gasteiger charge is 2.06. The summed E-state index contributed by atoms with van der Waals surface area (Å²) in [6, 6.07) is 5.76. The van der Waals surface area contributed by atoms with E-state index in [1.807, 2.05) is 11.4 Å². The van der Waals surface area contributed by atoms with Crippen LogP contribution in [-0.4, -0.2) is 4.37 Å². The van der Waals surface area contributed by atoms with Gasteiger partial charge in [-0.3, -0.25) is 0 Å². The predicted octanol–water partition coefficient (Wildman–Crippen LogP) is 3.02. The third kappa shape index (κ3) is 1.39. The Morgan fingerprint density at radius 3 is 3.15 bits per heavy atom. The number of fused-ring (bicyclic) bond motifs is 1. The van der Waals surface area contributed by atoms with E-state index in [-0.39, 0.29) is 0 Å². The van der Waals surface area contributed by atoms with Crippen molar-refractivity contribution < 1.29 is 0 Å². The van der Waals surface area contributed by atoms with Crippen LogP contribution in [0.5, 0.6) is 0 Å². The van der Waals surface area contributed by atoms with Gasteiger partial charge >= 0.3 is 0 Å². The highest BCUT2D eigenvalue weighted by atomic mass is 35.5. The van der Waals surface area contributed by atoms with Crippen LogP contribution in [0.25, 0.3) is 10.9 Å². The van der Waals surface area contributed by atoms with Gasteiger partial charge in [0.2, 0.25) is 0 Å². The molecular weight excluding hydrogens is 204 g/mol. The van der Waals surface area contributed by atoms with Gasteiger partial charge in [0.15, 0.2) is 0 Å². The first kappa shape index (κ1) is 8.49. The van der Waals surface area contributed by atoms with Crippen LogP contribution < -0.4 is 0 Å². The molecule has 1 aromatic heterocycles. The third-order valence-electron chi connectivity index (χ3n) is 1.85. The summed E-state index contributed by atoms with van der Waals surface area (Å²) in [5.74, 6) is 0. The molecule has 0 N–H and O–H groups in total. The molecule has 64 valence electrons. The molecule has 0 unspecified atom stereocenters. The minimum Gasteiger partial charge on any atom is -0.198 e. The van der Waals surface area contributed by atoms with E-state index in [4.69, 9.17) is 16.9 Å². The minimum atomic E-state index is 0.342. The number of rotatable bonds is 1. The molecule has 2 rings (SSSR count).